The summed E-state index contributed by atoms with van der Waals surface area (Å²) in [7, 11) is 2.60. The zero-order chi connectivity index (χ0) is 20.8. The maximum absolute atomic E-state index is 12.2. The molecule has 2 aliphatic heterocycles. The monoisotopic (exact) mass is 472 g/mol. The molecule has 0 saturated carbocycles. The van der Waals surface area contributed by atoms with Gasteiger partial charge in [-0.1, -0.05) is 59.2 Å². The van der Waals surface area contributed by atoms with Gasteiger partial charge in [0.1, 0.15) is 9.81 Å². The molecule has 5 rings (SSSR count). The molecule has 0 saturated heterocycles. The molecule has 30 heavy (non-hydrogen) atoms. The predicted octanol–water partition coefficient (Wildman–Crippen LogP) is 5.15. The normalized spacial score (nSPS) is 15.8. The van der Waals surface area contributed by atoms with Crippen molar-refractivity contribution < 1.29 is 19.1 Å². The van der Waals surface area contributed by atoms with Crippen LogP contribution in [0.5, 0.6) is 0 Å². The molecule has 3 aromatic rings. The first-order valence-corrected chi connectivity index (χ1v) is 11.9. The maximum Gasteiger partial charge on any atom is 0.346 e. The third-order valence-corrected chi connectivity index (χ3v) is 10.2. The summed E-state index contributed by atoms with van der Waals surface area (Å²) in [6, 6.07) is 7.92. The second-order valence-corrected chi connectivity index (χ2v) is 10.7. The molecule has 2 aliphatic rings. The molecule has 0 aliphatic carbocycles. The van der Waals surface area contributed by atoms with Crippen LogP contribution >= 0.6 is 47.0 Å². The van der Waals surface area contributed by atoms with E-state index < -0.39 is 11.9 Å². The van der Waals surface area contributed by atoms with Crippen LogP contribution in [0.2, 0.25) is 0 Å². The van der Waals surface area contributed by atoms with Crippen LogP contribution < -0.4 is 0 Å². The summed E-state index contributed by atoms with van der Waals surface area (Å²) in [5.41, 5.74) is 1.73. The number of thioether (sulfide) groups is 4. The number of pyridine rings is 2. The van der Waals surface area contributed by atoms with Crippen molar-refractivity contribution in [3.05, 3.63) is 54.9 Å². The molecule has 0 N–H and O–H groups in total. The van der Waals surface area contributed by atoms with Crippen LogP contribution in [-0.2, 0) is 19.1 Å². The van der Waals surface area contributed by atoms with E-state index in [1.54, 1.807) is 35.9 Å². The van der Waals surface area contributed by atoms with E-state index in [0.29, 0.717) is 0 Å². The lowest BCUT2D eigenvalue weighted by atomic mass is 10.1. The molecule has 0 unspecified atom stereocenters. The van der Waals surface area contributed by atoms with E-state index >= 15 is 0 Å². The van der Waals surface area contributed by atoms with Gasteiger partial charge < -0.3 is 9.47 Å². The largest absolute Gasteiger partial charge is 0.465 e. The summed E-state index contributed by atoms with van der Waals surface area (Å²) in [5.74, 6) is -1.09. The van der Waals surface area contributed by atoms with Crippen LogP contribution in [0.1, 0.15) is 0 Å². The third-order valence-electron chi connectivity index (χ3n) is 4.43. The lowest BCUT2D eigenvalue weighted by molar-refractivity contribution is -0.138. The molecule has 2 aromatic heterocycles. The Hall–Kier alpha value is -2.14. The number of hydrogen-bond donors (Lipinski definition) is 0. The molecule has 0 radical (unpaired) electrons. The van der Waals surface area contributed by atoms with Crippen LogP contribution in [0.3, 0.4) is 0 Å². The topological polar surface area (TPSA) is 78.4 Å². The van der Waals surface area contributed by atoms with Gasteiger partial charge >= 0.3 is 11.9 Å². The number of ether oxygens (including phenoxy) is 2. The van der Waals surface area contributed by atoms with Crippen molar-refractivity contribution in [3.8, 4) is 0 Å². The summed E-state index contributed by atoms with van der Waals surface area (Å²) in [5, 5.41) is 2.07. The third kappa shape index (κ3) is 3.09. The molecule has 0 atom stereocenters. The number of aromatic nitrogens is 2. The van der Waals surface area contributed by atoms with E-state index in [-0.39, 0.29) is 9.81 Å². The lowest BCUT2D eigenvalue weighted by Gasteiger charge is -2.07. The Labute approximate surface area is 188 Å². The standard InChI is InChI=1S/C20H12N2O4S4/c1-25-17(23)15-16(18(24)26-2)30-20(29-15)19-27-13-9-5-3-7-21-11(9)12-10(14(13)28-19)6-4-8-22-12/h3-8H,1-2H3. The number of carbonyl (C=O) groups excluding carboxylic acids is 2. The summed E-state index contributed by atoms with van der Waals surface area (Å²) < 4.78 is 11.6. The van der Waals surface area contributed by atoms with Gasteiger partial charge in [-0.05, 0) is 12.1 Å². The smallest absolute Gasteiger partial charge is 0.346 e. The van der Waals surface area contributed by atoms with E-state index in [0.717, 1.165) is 40.1 Å². The number of fused-ring (bicyclic) bond motifs is 6. The van der Waals surface area contributed by atoms with Crippen molar-refractivity contribution in [2.24, 2.45) is 0 Å². The average molecular weight is 473 g/mol. The Morgan fingerprint density at radius 3 is 1.60 bits per heavy atom. The fourth-order valence-electron chi connectivity index (χ4n) is 3.13. The summed E-state index contributed by atoms with van der Waals surface area (Å²) in [6.45, 7) is 0. The average Bonchev–Trinajstić information content (AvgIpc) is 3.43. The van der Waals surface area contributed by atoms with Gasteiger partial charge in [0, 0.05) is 33.0 Å². The quantitative estimate of drug-likeness (QED) is 0.369. The zero-order valence-electron chi connectivity index (χ0n) is 15.6. The summed E-state index contributed by atoms with van der Waals surface area (Å²) in [6.07, 6.45) is 3.54. The number of carbonyl (C=O) groups is 2. The fraction of sp³-hybridized carbons (Fsp3) is 0.100. The fourth-order valence-corrected chi connectivity index (χ4v) is 8.68. The zero-order valence-corrected chi connectivity index (χ0v) is 18.9. The first kappa shape index (κ1) is 19.8. The van der Waals surface area contributed by atoms with Crippen LogP contribution in [0.15, 0.2) is 64.7 Å². The summed E-state index contributed by atoms with van der Waals surface area (Å²) in [4.78, 5) is 36.2. The van der Waals surface area contributed by atoms with Crippen molar-refractivity contribution in [1.29, 1.82) is 0 Å². The Morgan fingerprint density at radius 1 is 0.733 bits per heavy atom. The Kier molecular flexibility index (Phi) is 5.18. The molecule has 0 fully saturated rings. The van der Waals surface area contributed by atoms with Crippen LogP contribution in [-0.4, -0.2) is 36.1 Å². The van der Waals surface area contributed by atoms with Crippen molar-refractivity contribution in [3.63, 3.8) is 0 Å². The van der Waals surface area contributed by atoms with Crippen molar-refractivity contribution >= 4 is 80.8 Å². The van der Waals surface area contributed by atoms with Gasteiger partial charge in [0.2, 0.25) is 0 Å². The van der Waals surface area contributed by atoms with Crippen LogP contribution in [0, 0.1) is 0 Å². The Bertz CT molecular complexity index is 1220. The van der Waals surface area contributed by atoms with E-state index in [4.69, 9.17) is 9.47 Å². The van der Waals surface area contributed by atoms with Gasteiger partial charge in [0.15, 0.2) is 0 Å². The van der Waals surface area contributed by atoms with Crippen molar-refractivity contribution in [2.45, 2.75) is 9.79 Å². The molecule has 6 nitrogen and oxygen atoms in total. The highest BCUT2D eigenvalue weighted by atomic mass is 32.2. The Balaban J connectivity index is 1.63. The molecular formula is C20H12N2O4S4. The number of rotatable bonds is 2. The molecule has 1 aromatic carbocycles. The molecule has 0 amide bonds. The molecule has 4 heterocycles. The highest BCUT2D eigenvalue weighted by Gasteiger charge is 2.36. The number of esters is 2. The summed E-state index contributed by atoms with van der Waals surface area (Å²) >= 11 is 5.74. The maximum atomic E-state index is 12.2. The molecule has 150 valence electrons. The van der Waals surface area contributed by atoms with Gasteiger partial charge in [-0.2, -0.15) is 0 Å². The Morgan fingerprint density at radius 2 is 1.17 bits per heavy atom. The molecule has 0 spiro atoms. The van der Waals surface area contributed by atoms with Gasteiger partial charge in [-0.3, -0.25) is 9.97 Å². The van der Waals surface area contributed by atoms with Crippen LogP contribution in [0.4, 0.5) is 0 Å². The molecular weight excluding hydrogens is 460 g/mol. The first-order valence-electron chi connectivity index (χ1n) is 8.64. The number of methoxy groups -OCH3 is 2. The first-order chi connectivity index (χ1) is 14.6. The van der Waals surface area contributed by atoms with Gasteiger partial charge in [-0.25, -0.2) is 9.59 Å². The predicted molar refractivity (Wildman–Crippen MR) is 122 cm³/mol. The van der Waals surface area contributed by atoms with Gasteiger partial charge in [0.25, 0.3) is 0 Å². The number of benzene rings is 1. The van der Waals surface area contributed by atoms with Gasteiger partial charge in [-0.15, -0.1) is 0 Å². The second kappa shape index (κ2) is 7.84. The minimum absolute atomic E-state index is 0.257. The van der Waals surface area contributed by atoms with Crippen molar-refractivity contribution in [1.82, 2.24) is 9.97 Å². The van der Waals surface area contributed by atoms with E-state index in [2.05, 4.69) is 9.97 Å². The lowest BCUT2D eigenvalue weighted by Crippen LogP contribution is -2.08. The SMILES string of the molecule is COC(=O)C1=C(C(=O)OC)SC(=C2Sc3c(c4cccnc4c4ncccc34)S2)S1. The van der Waals surface area contributed by atoms with Crippen LogP contribution in [0.25, 0.3) is 21.8 Å². The molecule has 10 heteroatoms. The minimum Gasteiger partial charge on any atom is -0.465 e. The second-order valence-electron chi connectivity index (χ2n) is 6.08. The van der Waals surface area contributed by atoms with E-state index in [1.165, 1.54) is 37.7 Å². The number of hydrogen-bond acceptors (Lipinski definition) is 10. The van der Waals surface area contributed by atoms with E-state index in [9.17, 15) is 9.59 Å². The minimum atomic E-state index is -0.543. The highest BCUT2D eigenvalue weighted by Crippen LogP contribution is 2.63. The highest BCUT2D eigenvalue weighted by molar-refractivity contribution is 8.33. The van der Waals surface area contributed by atoms with Gasteiger partial charge in [0.05, 0.1) is 33.7 Å². The number of nitrogens with zero attached hydrogens (tertiary/aromatic N) is 2. The van der Waals surface area contributed by atoms with E-state index in [1.807, 2.05) is 24.3 Å². The molecule has 0 bridgehead atoms. The van der Waals surface area contributed by atoms with Crippen molar-refractivity contribution in [2.75, 3.05) is 14.2 Å².